The second-order valence-electron chi connectivity index (χ2n) is 16.3. The average Bonchev–Trinajstić information content (AvgIpc) is 3.54. The third-order valence-electron chi connectivity index (χ3n) is 12.8. The second-order valence-corrected chi connectivity index (χ2v) is 16.3. The molecule has 11 nitrogen and oxygen atoms in total. The normalized spacial score (nSPS) is 22.9. The smallest absolute Gasteiger partial charge is 0.261 e. The number of nitrogens with zero attached hydrogens (tertiary/aromatic N) is 4. The summed E-state index contributed by atoms with van der Waals surface area (Å²) in [7, 11) is 0. The summed E-state index contributed by atoms with van der Waals surface area (Å²) >= 11 is 0. The molecule has 8 rings (SSSR count). The molecular formula is C47H53N5O6. The summed E-state index contributed by atoms with van der Waals surface area (Å²) in [6, 6.07) is 19.4. The Hall–Kier alpha value is -5.68. The molecule has 4 amide bonds. The third kappa shape index (κ3) is 8.45. The first-order valence-electron chi connectivity index (χ1n) is 20.8. The largest absolute Gasteiger partial charge is 0.508 e. The van der Waals surface area contributed by atoms with E-state index in [1.54, 1.807) is 18.2 Å². The van der Waals surface area contributed by atoms with E-state index in [1.807, 2.05) is 25.1 Å². The van der Waals surface area contributed by atoms with Crippen LogP contribution in [0.5, 0.6) is 11.5 Å². The van der Waals surface area contributed by atoms with E-state index in [4.69, 9.17) is 4.74 Å². The number of amides is 4. The molecule has 3 aromatic rings. The van der Waals surface area contributed by atoms with Crippen LogP contribution in [0.25, 0.3) is 0 Å². The number of benzene rings is 3. The molecule has 3 saturated heterocycles. The summed E-state index contributed by atoms with van der Waals surface area (Å²) in [6.07, 6.45) is 17.1. The van der Waals surface area contributed by atoms with Crippen LogP contribution in [0.1, 0.15) is 65.1 Å². The minimum atomic E-state index is -0.987. The first-order valence-corrected chi connectivity index (χ1v) is 20.8. The fourth-order valence-electron chi connectivity index (χ4n) is 9.44. The van der Waals surface area contributed by atoms with Crippen molar-refractivity contribution in [2.24, 2.45) is 17.8 Å². The molecule has 0 saturated carbocycles. The number of aryl methyl sites for hydroxylation is 1. The molecule has 3 atom stereocenters. The van der Waals surface area contributed by atoms with Crippen LogP contribution in [0, 0.1) is 24.7 Å². The number of allylic oxidation sites excluding steroid dienone is 6. The van der Waals surface area contributed by atoms with Gasteiger partial charge in [0.2, 0.25) is 18.2 Å². The minimum absolute atomic E-state index is 0.0893. The number of phenols is 1. The van der Waals surface area contributed by atoms with Gasteiger partial charge in [0.05, 0.1) is 6.61 Å². The van der Waals surface area contributed by atoms with Crippen LogP contribution in [0.2, 0.25) is 0 Å². The zero-order valence-corrected chi connectivity index (χ0v) is 33.2. The highest BCUT2D eigenvalue weighted by Crippen LogP contribution is 2.46. The molecule has 3 aromatic carbocycles. The topological polar surface area (TPSA) is 123 Å². The highest BCUT2D eigenvalue weighted by atomic mass is 16.5. The van der Waals surface area contributed by atoms with E-state index in [2.05, 4.69) is 80.7 Å². The van der Waals surface area contributed by atoms with Crippen molar-refractivity contribution in [3.63, 3.8) is 0 Å². The summed E-state index contributed by atoms with van der Waals surface area (Å²) in [4.78, 5) is 57.5. The molecule has 0 aromatic heterocycles. The lowest BCUT2D eigenvalue weighted by molar-refractivity contribution is -0.139. The van der Waals surface area contributed by atoms with Crippen molar-refractivity contribution in [3.8, 4) is 11.5 Å². The summed E-state index contributed by atoms with van der Waals surface area (Å²) in [5, 5.41) is 12.4. The lowest BCUT2D eigenvalue weighted by atomic mass is 9.73. The molecule has 4 aliphatic heterocycles. The Morgan fingerprint density at radius 3 is 2.26 bits per heavy atom. The van der Waals surface area contributed by atoms with Crippen molar-refractivity contribution in [1.82, 2.24) is 15.1 Å². The maximum Gasteiger partial charge on any atom is 0.261 e. The number of carbonyl (C=O) groups excluding carboxylic acids is 4. The Kier molecular flexibility index (Phi) is 11.8. The monoisotopic (exact) mass is 783 g/mol. The molecule has 0 spiro atoms. The van der Waals surface area contributed by atoms with Crippen LogP contribution in [0.3, 0.4) is 0 Å². The molecule has 2 N–H and O–H groups in total. The molecule has 302 valence electrons. The van der Waals surface area contributed by atoms with Gasteiger partial charge in [0.15, 0.2) is 0 Å². The fraction of sp³-hybridized carbons (Fsp3) is 0.404. The number of imide groups is 2. The van der Waals surface area contributed by atoms with Crippen LogP contribution in [0.4, 0.5) is 11.4 Å². The van der Waals surface area contributed by atoms with Gasteiger partial charge in [-0.05, 0) is 92.6 Å². The molecule has 2 unspecified atom stereocenters. The lowest BCUT2D eigenvalue weighted by Gasteiger charge is -2.38. The van der Waals surface area contributed by atoms with Crippen molar-refractivity contribution in [2.45, 2.75) is 51.0 Å². The molecule has 1 aliphatic carbocycles. The summed E-state index contributed by atoms with van der Waals surface area (Å²) in [6.45, 7) is 9.38. The molecule has 4 heterocycles. The van der Waals surface area contributed by atoms with Gasteiger partial charge >= 0.3 is 0 Å². The summed E-state index contributed by atoms with van der Waals surface area (Å²) in [5.74, 6) is 0.778. The van der Waals surface area contributed by atoms with Gasteiger partial charge in [-0.25, -0.2) is 0 Å². The summed E-state index contributed by atoms with van der Waals surface area (Å²) in [5.41, 5.74) is 5.82. The van der Waals surface area contributed by atoms with E-state index in [0.717, 1.165) is 73.3 Å². The van der Waals surface area contributed by atoms with Crippen LogP contribution >= 0.6 is 0 Å². The highest BCUT2D eigenvalue weighted by molar-refractivity contribution is 6.07. The quantitative estimate of drug-likeness (QED) is 0.189. The van der Waals surface area contributed by atoms with Crippen molar-refractivity contribution in [2.75, 3.05) is 62.2 Å². The van der Waals surface area contributed by atoms with Crippen molar-refractivity contribution in [3.05, 3.63) is 119 Å². The van der Waals surface area contributed by atoms with Gasteiger partial charge in [-0.3, -0.25) is 34.3 Å². The van der Waals surface area contributed by atoms with Crippen molar-refractivity contribution < 1.29 is 29.0 Å². The van der Waals surface area contributed by atoms with Crippen molar-refractivity contribution >= 4 is 35.5 Å². The molecule has 0 radical (unpaired) electrons. The van der Waals surface area contributed by atoms with Crippen LogP contribution in [0.15, 0.2) is 97.1 Å². The number of nitrogens with one attached hydrogen (secondary N) is 1. The zero-order valence-electron chi connectivity index (χ0n) is 33.2. The third-order valence-corrected chi connectivity index (χ3v) is 12.8. The number of phenolic OH excluding ortho intramolecular Hbond substituents is 1. The first-order chi connectivity index (χ1) is 28.2. The van der Waals surface area contributed by atoms with E-state index in [1.165, 1.54) is 30.5 Å². The minimum Gasteiger partial charge on any atom is -0.508 e. The number of hydrogen-bond donors (Lipinski definition) is 2. The van der Waals surface area contributed by atoms with Gasteiger partial charge in [0, 0.05) is 92.0 Å². The Balaban J connectivity index is 0.812. The number of rotatable bonds is 10. The number of carbonyl (C=O) groups is 4. The Bertz CT molecular complexity index is 2080. The maximum absolute atomic E-state index is 13.3. The van der Waals surface area contributed by atoms with E-state index >= 15 is 0 Å². The van der Waals surface area contributed by atoms with Gasteiger partial charge < -0.3 is 19.6 Å². The number of fused-ring (bicyclic) bond motifs is 1. The van der Waals surface area contributed by atoms with Gasteiger partial charge in [-0.15, -0.1) is 0 Å². The number of hydrogen-bond acceptors (Lipinski definition) is 9. The predicted molar refractivity (Wildman–Crippen MR) is 224 cm³/mol. The number of piperazine rings is 1. The predicted octanol–water partition coefficient (Wildman–Crippen LogP) is 5.97. The Morgan fingerprint density at radius 2 is 1.57 bits per heavy atom. The maximum atomic E-state index is 13.3. The molecule has 0 bridgehead atoms. The van der Waals surface area contributed by atoms with E-state index in [0.29, 0.717) is 24.5 Å². The highest BCUT2D eigenvalue weighted by Gasteiger charge is 2.37. The standard InChI is InChI=1S/C47H53N5O6/c1-32-28-37(12-14-39(32)47(57)52(31-53)42-16-17-44(55)48-46(42)56)51-26-24-49(25-27-51)21-18-33-19-22-50(23-20-33)36-10-8-35(9-11-36)45-40-15-13-38(54)29-43(40)58-30-41(45)34-6-4-2-3-5-7-34/h2-15,28-29,31,33-34,41-42,45,54H,16-27,30H2,1H3,(H,48,55,56)/t41?,42?,45-/m1/s1. The van der Waals surface area contributed by atoms with Crippen molar-refractivity contribution in [1.29, 1.82) is 0 Å². The van der Waals surface area contributed by atoms with Crippen LogP contribution in [-0.4, -0.2) is 97.5 Å². The number of ether oxygens (including phenoxy) is 1. The molecular weight excluding hydrogens is 731 g/mol. The molecule has 58 heavy (non-hydrogen) atoms. The first kappa shape index (κ1) is 39.2. The van der Waals surface area contributed by atoms with Crippen LogP contribution < -0.4 is 19.9 Å². The SMILES string of the molecule is Cc1cc(N2CCN(CCC3CCN(c4ccc([C@@H]5c6ccc(O)cc6OCC5C5C=CC=CC=C5)cc4)CC3)CC2)ccc1C(=O)N(C=O)C1CCC(=O)NC1=O. The van der Waals surface area contributed by atoms with E-state index < -0.39 is 23.8 Å². The molecule has 3 fully saturated rings. The lowest BCUT2D eigenvalue weighted by Crippen LogP contribution is -2.53. The van der Waals surface area contributed by atoms with Gasteiger partial charge in [-0.1, -0.05) is 54.7 Å². The Labute approximate surface area is 340 Å². The van der Waals surface area contributed by atoms with Gasteiger partial charge in [0.1, 0.15) is 17.5 Å². The number of aromatic hydroxyl groups is 1. The van der Waals surface area contributed by atoms with Gasteiger partial charge in [0.25, 0.3) is 5.91 Å². The Morgan fingerprint density at radius 1 is 0.862 bits per heavy atom. The zero-order chi connectivity index (χ0) is 40.2. The molecule has 5 aliphatic rings. The summed E-state index contributed by atoms with van der Waals surface area (Å²) < 4.78 is 6.22. The second kappa shape index (κ2) is 17.4. The molecule has 11 heteroatoms. The van der Waals surface area contributed by atoms with Gasteiger partial charge in [-0.2, -0.15) is 0 Å². The van der Waals surface area contributed by atoms with E-state index in [9.17, 15) is 24.3 Å². The number of anilines is 2. The van der Waals surface area contributed by atoms with E-state index in [-0.39, 0.29) is 36.3 Å². The fourth-order valence-corrected chi connectivity index (χ4v) is 9.44. The van der Waals surface area contributed by atoms with Crippen LogP contribution in [-0.2, 0) is 14.4 Å². The average molecular weight is 784 g/mol. The number of piperidine rings is 2.